The van der Waals surface area contributed by atoms with Gasteiger partial charge in [0.1, 0.15) is 5.82 Å². The summed E-state index contributed by atoms with van der Waals surface area (Å²) in [5.74, 6) is -0.135. The number of halogens is 1. The zero-order valence-corrected chi connectivity index (χ0v) is 11.7. The molecular weight excluding hydrogens is 225 g/mol. The van der Waals surface area contributed by atoms with Crippen molar-refractivity contribution in [3.63, 3.8) is 0 Å². The second-order valence-corrected chi connectivity index (χ2v) is 5.98. The largest absolute Gasteiger partial charge is 0.316 e. The van der Waals surface area contributed by atoms with Crippen molar-refractivity contribution in [1.82, 2.24) is 5.32 Å². The van der Waals surface area contributed by atoms with E-state index in [1.54, 1.807) is 12.1 Å². The van der Waals surface area contributed by atoms with Gasteiger partial charge in [0.2, 0.25) is 0 Å². The topological polar surface area (TPSA) is 12.0 Å². The normalized spacial score (nSPS) is 20.0. The Kier molecular flexibility index (Phi) is 4.06. The smallest absolute Gasteiger partial charge is 0.123 e. The van der Waals surface area contributed by atoms with E-state index in [9.17, 15) is 4.39 Å². The van der Waals surface area contributed by atoms with Crippen molar-refractivity contribution in [3.05, 3.63) is 35.1 Å². The van der Waals surface area contributed by atoms with E-state index in [1.165, 1.54) is 31.2 Å². The highest BCUT2D eigenvalue weighted by Gasteiger charge is 2.36. The number of hydrogen-bond donors (Lipinski definition) is 1. The van der Waals surface area contributed by atoms with E-state index >= 15 is 0 Å². The van der Waals surface area contributed by atoms with Crippen LogP contribution in [0, 0.1) is 18.2 Å². The second kappa shape index (κ2) is 5.40. The molecule has 1 aliphatic rings. The molecule has 1 N–H and O–H groups in total. The van der Waals surface area contributed by atoms with E-state index < -0.39 is 0 Å². The molecule has 18 heavy (non-hydrogen) atoms. The summed E-state index contributed by atoms with van der Waals surface area (Å²) in [6.07, 6.45) is 6.30. The van der Waals surface area contributed by atoms with Gasteiger partial charge in [0.05, 0.1) is 0 Å². The number of hydrogen-bond acceptors (Lipinski definition) is 1. The third-order valence-corrected chi connectivity index (χ3v) is 4.66. The minimum Gasteiger partial charge on any atom is -0.316 e. The minimum absolute atomic E-state index is 0.135. The van der Waals surface area contributed by atoms with Gasteiger partial charge in [-0.25, -0.2) is 4.39 Å². The quantitative estimate of drug-likeness (QED) is 0.854. The molecule has 1 saturated carbocycles. The lowest BCUT2D eigenvalue weighted by molar-refractivity contribution is 0.229. The van der Waals surface area contributed by atoms with Crippen LogP contribution in [0.1, 0.15) is 43.7 Å². The lowest BCUT2D eigenvalue weighted by Gasteiger charge is -2.34. The van der Waals surface area contributed by atoms with Crippen LogP contribution in [-0.2, 0) is 6.42 Å². The lowest BCUT2D eigenvalue weighted by atomic mass is 9.77. The third-order valence-electron chi connectivity index (χ3n) is 4.66. The molecule has 0 bridgehead atoms. The molecule has 0 aromatic heterocycles. The Hall–Kier alpha value is -0.890. The zero-order valence-electron chi connectivity index (χ0n) is 11.7. The van der Waals surface area contributed by atoms with Crippen LogP contribution in [0.25, 0.3) is 0 Å². The molecule has 1 unspecified atom stereocenters. The number of aryl methyl sites for hydroxylation is 1. The fourth-order valence-corrected chi connectivity index (χ4v) is 3.34. The Morgan fingerprint density at radius 3 is 2.56 bits per heavy atom. The number of benzene rings is 1. The summed E-state index contributed by atoms with van der Waals surface area (Å²) < 4.78 is 13.1. The van der Waals surface area contributed by atoms with Crippen molar-refractivity contribution >= 4 is 0 Å². The Morgan fingerprint density at radius 2 is 2.00 bits per heavy atom. The highest BCUT2D eigenvalue weighted by molar-refractivity contribution is 5.27. The van der Waals surface area contributed by atoms with Crippen LogP contribution in [0.4, 0.5) is 4.39 Å². The summed E-state index contributed by atoms with van der Waals surface area (Å²) in [4.78, 5) is 0. The van der Waals surface area contributed by atoms with Gasteiger partial charge in [0.25, 0.3) is 0 Å². The predicted octanol–water partition coefficient (Wildman–Crippen LogP) is 3.84. The third kappa shape index (κ3) is 2.74. The van der Waals surface area contributed by atoms with Gasteiger partial charge in [0, 0.05) is 6.04 Å². The molecule has 2 heteroatoms. The molecule has 0 aliphatic heterocycles. The molecule has 0 amide bonds. The van der Waals surface area contributed by atoms with E-state index in [4.69, 9.17) is 0 Å². The van der Waals surface area contributed by atoms with Crippen LogP contribution in [0.5, 0.6) is 0 Å². The molecule has 0 heterocycles. The Labute approximate surface area is 110 Å². The fraction of sp³-hybridized carbons (Fsp3) is 0.625. The maximum atomic E-state index is 13.1. The second-order valence-electron chi connectivity index (χ2n) is 5.98. The molecule has 1 nitrogen and oxygen atoms in total. The summed E-state index contributed by atoms with van der Waals surface area (Å²) >= 11 is 0. The molecule has 1 aromatic rings. The van der Waals surface area contributed by atoms with Crippen LogP contribution in [0.3, 0.4) is 0 Å². The van der Waals surface area contributed by atoms with Crippen molar-refractivity contribution < 1.29 is 4.39 Å². The molecule has 0 saturated heterocycles. The van der Waals surface area contributed by atoms with E-state index in [0.717, 1.165) is 12.0 Å². The fourth-order valence-electron chi connectivity index (χ4n) is 3.34. The molecule has 100 valence electrons. The lowest BCUT2D eigenvalue weighted by Crippen LogP contribution is -2.42. The average Bonchev–Trinajstić information content (AvgIpc) is 2.76. The summed E-state index contributed by atoms with van der Waals surface area (Å²) in [5, 5.41) is 3.48. The van der Waals surface area contributed by atoms with E-state index in [0.29, 0.717) is 11.5 Å². The molecule has 1 fully saturated rings. The predicted molar refractivity (Wildman–Crippen MR) is 74.3 cm³/mol. The Balaban J connectivity index is 2.15. The van der Waals surface area contributed by atoms with Crippen LogP contribution in [-0.4, -0.2) is 13.1 Å². The summed E-state index contributed by atoms with van der Waals surface area (Å²) in [6, 6.07) is 5.64. The Morgan fingerprint density at radius 1 is 1.33 bits per heavy atom. The molecular formula is C16H24FN. The summed E-state index contributed by atoms with van der Waals surface area (Å²) in [6.45, 7) is 4.39. The van der Waals surface area contributed by atoms with Gasteiger partial charge < -0.3 is 5.32 Å². The summed E-state index contributed by atoms with van der Waals surface area (Å²) in [7, 11) is 2.05. The van der Waals surface area contributed by atoms with Gasteiger partial charge >= 0.3 is 0 Å². The molecule has 2 rings (SSSR count). The first-order chi connectivity index (χ1) is 8.55. The van der Waals surface area contributed by atoms with Gasteiger partial charge in [-0.3, -0.25) is 0 Å². The van der Waals surface area contributed by atoms with Gasteiger partial charge in [-0.05, 0) is 61.9 Å². The maximum Gasteiger partial charge on any atom is 0.123 e. The van der Waals surface area contributed by atoms with Crippen LogP contribution in [0.15, 0.2) is 18.2 Å². The molecule has 0 radical (unpaired) electrons. The van der Waals surface area contributed by atoms with Crippen LogP contribution < -0.4 is 5.32 Å². The SMILES string of the molecule is CNC(Cc1ccc(F)cc1C)C1(C)CCCC1. The van der Waals surface area contributed by atoms with Gasteiger partial charge in [0.15, 0.2) is 0 Å². The van der Waals surface area contributed by atoms with Crippen LogP contribution in [0.2, 0.25) is 0 Å². The maximum absolute atomic E-state index is 13.1. The minimum atomic E-state index is -0.135. The van der Waals surface area contributed by atoms with E-state index in [2.05, 4.69) is 12.2 Å². The number of rotatable bonds is 4. The molecule has 1 atom stereocenters. The first-order valence-corrected chi connectivity index (χ1v) is 6.97. The van der Waals surface area contributed by atoms with Gasteiger partial charge in [-0.15, -0.1) is 0 Å². The van der Waals surface area contributed by atoms with Crippen molar-refractivity contribution in [2.45, 2.75) is 52.0 Å². The average molecular weight is 249 g/mol. The van der Waals surface area contributed by atoms with E-state index in [1.807, 2.05) is 20.0 Å². The molecule has 0 spiro atoms. The highest BCUT2D eigenvalue weighted by Crippen LogP contribution is 2.41. The first-order valence-electron chi connectivity index (χ1n) is 6.97. The summed E-state index contributed by atoms with van der Waals surface area (Å²) in [5.41, 5.74) is 2.73. The standard InChI is InChI=1S/C16H24FN/c1-12-10-14(17)7-6-13(12)11-15(18-3)16(2)8-4-5-9-16/h6-7,10,15,18H,4-5,8-9,11H2,1-3H3. The van der Waals surface area contributed by atoms with Crippen molar-refractivity contribution in [2.75, 3.05) is 7.05 Å². The van der Waals surface area contributed by atoms with Crippen LogP contribution >= 0.6 is 0 Å². The van der Waals surface area contributed by atoms with Crippen molar-refractivity contribution in [3.8, 4) is 0 Å². The Bertz CT molecular complexity index is 408. The van der Waals surface area contributed by atoms with Crippen molar-refractivity contribution in [1.29, 1.82) is 0 Å². The molecule has 1 aromatic carbocycles. The number of nitrogens with one attached hydrogen (secondary N) is 1. The highest BCUT2D eigenvalue weighted by atomic mass is 19.1. The number of likely N-dealkylation sites (N-methyl/N-ethyl adjacent to an activating group) is 1. The van der Waals surface area contributed by atoms with Gasteiger partial charge in [-0.2, -0.15) is 0 Å². The molecule has 1 aliphatic carbocycles. The van der Waals surface area contributed by atoms with E-state index in [-0.39, 0.29) is 5.82 Å². The monoisotopic (exact) mass is 249 g/mol. The van der Waals surface area contributed by atoms with Gasteiger partial charge in [-0.1, -0.05) is 25.8 Å². The zero-order chi connectivity index (χ0) is 13.2. The first kappa shape index (κ1) is 13.5. The van der Waals surface area contributed by atoms with Crippen molar-refractivity contribution in [2.24, 2.45) is 5.41 Å².